The van der Waals surface area contributed by atoms with Crippen molar-refractivity contribution in [1.29, 1.82) is 5.26 Å². The lowest BCUT2D eigenvalue weighted by molar-refractivity contribution is 0.581. The van der Waals surface area contributed by atoms with Crippen LogP contribution in [-0.4, -0.2) is 8.42 Å². The molecule has 0 fully saturated rings. The fraction of sp³-hybridized carbons (Fsp3) is 0.154. The molecule has 4 nitrogen and oxygen atoms in total. The van der Waals surface area contributed by atoms with Gasteiger partial charge in [0.1, 0.15) is 0 Å². The van der Waals surface area contributed by atoms with Crippen molar-refractivity contribution in [3.05, 3.63) is 50.1 Å². The molecule has 2 rings (SSSR count). The number of halogens is 1. The lowest BCUT2D eigenvalue weighted by Gasteiger charge is -2.08. The quantitative estimate of drug-likeness (QED) is 0.898. The summed E-state index contributed by atoms with van der Waals surface area (Å²) < 4.78 is 28.0. The molecule has 2 aromatic rings. The Hall–Kier alpha value is -1.20. The van der Waals surface area contributed by atoms with E-state index in [-0.39, 0.29) is 11.4 Å². The fourth-order valence-electron chi connectivity index (χ4n) is 1.65. The maximum absolute atomic E-state index is 12.3. The van der Waals surface area contributed by atoms with E-state index >= 15 is 0 Å². The van der Waals surface area contributed by atoms with Crippen LogP contribution in [-0.2, 0) is 16.6 Å². The summed E-state index contributed by atoms with van der Waals surface area (Å²) in [6.45, 7) is 1.94. The zero-order valence-electron chi connectivity index (χ0n) is 10.6. The highest BCUT2D eigenvalue weighted by Gasteiger charge is 2.17. The van der Waals surface area contributed by atoms with E-state index in [0.717, 1.165) is 9.35 Å². The summed E-state index contributed by atoms with van der Waals surface area (Å²) in [5.74, 6) is 0. The van der Waals surface area contributed by atoms with Crippen molar-refractivity contribution >= 4 is 37.3 Å². The average Bonchev–Trinajstić information content (AvgIpc) is 2.83. The normalized spacial score (nSPS) is 11.2. The summed E-state index contributed by atoms with van der Waals surface area (Å²) in [7, 11) is -3.62. The number of thiophene rings is 1. The number of nitrogens with zero attached hydrogens (tertiary/aromatic N) is 1. The van der Waals surface area contributed by atoms with E-state index in [0.29, 0.717) is 11.1 Å². The number of benzene rings is 1. The van der Waals surface area contributed by atoms with Crippen molar-refractivity contribution in [2.45, 2.75) is 18.4 Å². The zero-order chi connectivity index (χ0) is 14.8. The molecular weight excluding hydrogens is 360 g/mol. The molecule has 0 saturated carbocycles. The molecule has 0 saturated heterocycles. The Morgan fingerprint density at radius 1 is 1.40 bits per heavy atom. The van der Waals surface area contributed by atoms with Crippen molar-refractivity contribution in [2.24, 2.45) is 0 Å². The number of hydrogen-bond donors (Lipinski definition) is 1. The van der Waals surface area contributed by atoms with Gasteiger partial charge in [-0.15, -0.1) is 11.3 Å². The van der Waals surface area contributed by atoms with E-state index in [1.165, 1.54) is 17.4 Å². The lowest BCUT2D eigenvalue weighted by atomic mass is 10.2. The first kappa shape index (κ1) is 15.2. The van der Waals surface area contributed by atoms with Gasteiger partial charge in [0, 0.05) is 21.3 Å². The highest BCUT2D eigenvalue weighted by Crippen LogP contribution is 2.21. The van der Waals surface area contributed by atoms with Gasteiger partial charge in [-0.3, -0.25) is 0 Å². The zero-order valence-corrected chi connectivity index (χ0v) is 13.8. The highest BCUT2D eigenvalue weighted by atomic mass is 79.9. The molecule has 0 radical (unpaired) electrons. The van der Waals surface area contributed by atoms with Gasteiger partial charge in [-0.1, -0.05) is 6.07 Å². The summed E-state index contributed by atoms with van der Waals surface area (Å²) >= 11 is 4.80. The molecule has 0 aliphatic carbocycles. The van der Waals surface area contributed by atoms with Crippen molar-refractivity contribution in [2.75, 3.05) is 0 Å². The van der Waals surface area contributed by atoms with Crippen molar-refractivity contribution < 1.29 is 8.42 Å². The Bertz CT molecular complexity index is 776. The van der Waals surface area contributed by atoms with Gasteiger partial charge in [0.2, 0.25) is 10.0 Å². The number of aryl methyl sites for hydroxylation is 1. The van der Waals surface area contributed by atoms with Crippen LogP contribution in [0, 0.1) is 18.3 Å². The Morgan fingerprint density at radius 3 is 2.75 bits per heavy atom. The molecule has 0 amide bonds. The van der Waals surface area contributed by atoms with Crippen LogP contribution in [0.5, 0.6) is 0 Å². The van der Waals surface area contributed by atoms with E-state index in [4.69, 9.17) is 5.26 Å². The number of rotatable bonds is 4. The monoisotopic (exact) mass is 370 g/mol. The lowest BCUT2D eigenvalue weighted by Crippen LogP contribution is -2.23. The number of sulfonamides is 1. The molecular formula is C13H11BrN2O2S2. The van der Waals surface area contributed by atoms with Crippen LogP contribution < -0.4 is 4.72 Å². The maximum atomic E-state index is 12.3. The minimum atomic E-state index is -3.62. The maximum Gasteiger partial charge on any atom is 0.241 e. The summed E-state index contributed by atoms with van der Waals surface area (Å²) in [5.41, 5.74) is 0.943. The summed E-state index contributed by atoms with van der Waals surface area (Å²) in [5, 5.41) is 10.8. The molecule has 1 heterocycles. The van der Waals surface area contributed by atoms with E-state index in [9.17, 15) is 8.42 Å². The van der Waals surface area contributed by atoms with Gasteiger partial charge in [0.25, 0.3) is 0 Å². The van der Waals surface area contributed by atoms with Crippen LogP contribution in [0.15, 0.2) is 39.0 Å². The molecule has 1 N–H and O–H groups in total. The minimum absolute atomic E-state index is 0.146. The predicted octanol–water partition coefficient (Wildman–Crippen LogP) is 3.17. The van der Waals surface area contributed by atoms with Gasteiger partial charge >= 0.3 is 0 Å². The van der Waals surface area contributed by atoms with Crippen molar-refractivity contribution in [3.63, 3.8) is 0 Å². The van der Waals surface area contributed by atoms with Gasteiger partial charge in [0.05, 0.1) is 16.5 Å². The van der Waals surface area contributed by atoms with E-state index in [1.807, 2.05) is 17.5 Å². The fourth-order valence-corrected chi connectivity index (χ4v) is 4.41. The van der Waals surface area contributed by atoms with Crippen LogP contribution in [0.4, 0.5) is 0 Å². The van der Waals surface area contributed by atoms with Gasteiger partial charge in [-0.05, 0) is 46.6 Å². The van der Waals surface area contributed by atoms with Gasteiger partial charge in [-0.25, -0.2) is 13.1 Å². The van der Waals surface area contributed by atoms with Gasteiger partial charge in [-0.2, -0.15) is 5.26 Å². The third-order valence-corrected chi connectivity index (χ3v) is 5.91. The predicted molar refractivity (Wildman–Crippen MR) is 81.9 cm³/mol. The second kappa shape index (κ2) is 6.06. The van der Waals surface area contributed by atoms with Gasteiger partial charge in [0.15, 0.2) is 0 Å². The number of nitrogens with one attached hydrogen (secondary N) is 1. The summed E-state index contributed by atoms with van der Waals surface area (Å²) in [6, 6.07) is 8.44. The highest BCUT2D eigenvalue weighted by molar-refractivity contribution is 9.10. The molecule has 0 atom stereocenters. The second-order valence-electron chi connectivity index (χ2n) is 4.15. The molecule has 0 aliphatic heterocycles. The first-order valence-electron chi connectivity index (χ1n) is 5.66. The standard InChI is InChI=1S/C13H11BrN2O2S2/c1-9-2-3-10(6-15)4-13(9)20(17,18)16-7-12-5-11(14)8-19-12/h2-5,8,16H,7H2,1H3. The Kier molecular flexibility index (Phi) is 4.60. The SMILES string of the molecule is Cc1ccc(C#N)cc1S(=O)(=O)NCc1cc(Br)cs1. The van der Waals surface area contributed by atoms with Crippen molar-refractivity contribution in [3.8, 4) is 6.07 Å². The molecule has 0 aliphatic rings. The Morgan fingerprint density at radius 2 is 2.15 bits per heavy atom. The van der Waals surface area contributed by atoms with Crippen LogP contribution in [0.2, 0.25) is 0 Å². The van der Waals surface area contributed by atoms with E-state index in [1.54, 1.807) is 19.1 Å². The van der Waals surface area contributed by atoms with Crippen LogP contribution in [0.25, 0.3) is 0 Å². The van der Waals surface area contributed by atoms with Crippen LogP contribution >= 0.6 is 27.3 Å². The largest absolute Gasteiger partial charge is 0.241 e. The Labute approximate surface area is 130 Å². The molecule has 0 bridgehead atoms. The summed E-state index contributed by atoms with van der Waals surface area (Å²) in [4.78, 5) is 1.06. The smallest absolute Gasteiger partial charge is 0.207 e. The molecule has 0 spiro atoms. The van der Waals surface area contributed by atoms with Crippen LogP contribution in [0.3, 0.4) is 0 Å². The summed E-state index contributed by atoms with van der Waals surface area (Å²) in [6.07, 6.45) is 0. The van der Waals surface area contributed by atoms with E-state index in [2.05, 4.69) is 20.7 Å². The Balaban J connectivity index is 2.24. The minimum Gasteiger partial charge on any atom is -0.207 e. The second-order valence-corrected chi connectivity index (χ2v) is 7.79. The average molecular weight is 371 g/mol. The topological polar surface area (TPSA) is 70.0 Å². The third kappa shape index (κ3) is 3.46. The van der Waals surface area contributed by atoms with E-state index < -0.39 is 10.0 Å². The van der Waals surface area contributed by atoms with Gasteiger partial charge < -0.3 is 0 Å². The molecule has 7 heteroatoms. The first-order valence-corrected chi connectivity index (χ1v) is 8.81. The number of nitriles is 1. The third-order valence-electron chi connectivity index (χ3n) is 2.66. The first-order chi connectivity index (χ1) is 9.42. The molecule has 1 aromatic carbocycles. The molecule has 0 unspecified atom stereocenters. The van der Waals surface area contributed by atoms with Crippen molar-refractivity contribution in [1.82, 2.24) is 4.72 Å². The molecule has 104 valence electrons. The number of hydrogen-bond acceptors (Lipinski definition) is 4. The van der Waals surface area contributed by atoms with Crippen LogP contribution in [0.1, 0.15) is 16.0 Å². The molecule has 1 aromatic heterocycles. The molecule has 20 heavy (non-hydrogen) atoms.